The lowest BCUT2D eigenvalue weighted by Gasteiger charge is -2.05. The minimum absolute atomic E-state index is 0. The normalized spacial score (nSPS) is 20.2. The monoisotopic (exact) mass is 232 g/mol. The molecule has 1 fully saturated rings. The molecule has 0 aromatic carbocycles. The highest BCUT2D eigenvalue weighted by molar-refractivity contribution is 5.85. The molecule has 2 heterocycles. The molecule has 1 aromatic rings. The van der Waals surface area contributed by atoms with Crippen LogP contribution >= 0.6 is 12.4 Å². The summed E-state index contributed by atoms with van der Waals surface area (Å²) in [6.45, 7) is 5.34. The molecular formula is C9H17ClN4O. The second kappa shape index (κ2) is 6.05. The zero-order valence-corrected chi connectivity index (χ0v) is 9.66. The molecule has 86 valence electrons. The van der Waals surface area contributed by atoms with Crippen molar-refractivity contribution in [2.75, 3.05) is 19.7 Å². The largest absolute Gasteiger partial charge is 0.375 e. The lowest BCUT2D eigenvalue weighted by molar-refractivity contribution is 0.131. The van der Waals surface area contributed by atoms with E-state index in [1.807, 2.05) is 17.8 Å². The number of rotatable bonds is 4. The Kier molecular flexibility index (Phi) is 5.01. The Morgan fingerprint density at radius 3 is 3.20 bits per heavy atom. The molecule has 0 bridgehead atoms. The number of ether oxygens (including phenoxy) is 1. The number of hydrogen-bond acceptors (Lipinski definition) is 4. The molecule has 15 heavy (non-hydrogen) atoms. The summed E-state index contributed by atoms with van der Waals surface area (Å²) in [6, 6.07) is 0.470. The van der Waals surface area contributed by atoms with Crippen LogP contribution in [0.4, 0.5) is 0 Å². The number of nitrogens with one attached hydrogen (secondary N) is 1. The lowest BCUT2D eigenvalue weighted by Crippen LogP contribution is -2.13. The Labute approximate surface area is 95.6 Å². The first kappa shape index (κ1) is 12.4. The van der Waals surface area contributed by atoms with E-state index in [0.29, 0.717) is 12.6 Å². The van der Waals surface area contributed by atoms with Gasteiger partial charge in [-0.25, -0.2) is 4.68 Å². The van der Waals surface area contributed by atoms with Crippen molar-refractivity contribution < 1.29 is 4.74 Å². The maximum Gasteiger partial charge on any atom is 0.108 e. The molecule has 1 aliphatic rings. The molecule has 1 saturated heterocycles. The fourth-order valence-corrected chi connectivity index (χ4v) is 1.63. The van der Waals surface area contributed by atoms with Crippen LogP contribution in [0.3, 0.4) is 0 Å². The van der Waals surface area contributed by atoms with Gasteiger partial charge in [0.2, 0.25) is 0 Å². The fourth-order valence-electron chi connectivity index (χ4n) is 1.63. The van der Waals surface area contributed by atoms with Crippen LogP contribution in [0, 0.1) is 0 Å². The summed E-state index contributed by atoms with van der Waals surface area (Å²) < 4.78 is 7.20. The maximum absolute atomic E-state index is 5.26. The van der Waals surface area contributed by atoms with E-state index in [0.717, 1.165) is 31.8 Å². The van der Waals surface area contributed by atoms with E-state index in [2.05, 4.69) is 15.6 Å². The molecule has 1 aromatic heterocycles. The van der Waals surface area contributed by atoms with Gasteiger partial charge in [-0.3, -0.25) is 0 Å². The Morgan fingerprint density at radius 1 is 1.67 bits per heavy atom. The number of aromatic nitrogens is 3. The average Bonchev–Trinajstić information content (AvgIpc) is 2.85. The van der Waals surface area contributed by atoms with Gasteiger partial charge in [0.1, 0.15) is 5.69 Å². The van der Waals surface area contributed by atoms with Gasteiger partial charge in [-0.1, -0.05) is 5.21 Å². The minimum atomic E-state index is 0. The Bertz CT molecular complexity index is 285. The summed E-state index contributed by atoms with van der Waals surface area (Å²) in [5.41, 5.74) is 0.916. The molecule has 0 radical (unpaired) electrons. The van der Waals surface area contributed by atoms with Crippen LogP contribution in [0.5, 0.6) is 0 Å². The SMILES string of the molecule is CCOCc1cn(C2CCNC2)nn1.Cl. The van der Waals surface area contributed by atoms with Crippen LogP contribution in [0.25, 0.3) is 0 Å². The van der Waals surface area contributed by atoms with E-state index in [9.17, 15) is 0 Å². The first-order valence-corrected chi connectivity index (χ1v) is 5.09. The van der Waals surface area contributed by atoms with E-state index in [-0.39, 0.29) is 12.4 Å². The van der Waals surface area contributed by atoms with Crippen molar-refractivity contribution in [2.24, 2.45) is 0 Å². The minimum Gasteiger partial charge on any atom is -0.375 e. The van der Waals surface area contributed by atoms with Gasteiger partial charge in [0.25, 0.3) is 0 Å². The zero-order valence-electron chi connectivity index (χ0n) is 8.85. The van der Waals surface area contributed by atoms with Crippen molar-refractivity contribution in [3.63, 3.8) is 0 Å². The van der Waals surface area contributed by atoms with Gasteiger partial charge in [-0.2, -0.15) is 0 Å². The van der Waals surface area contributed by atoms with Gasteiger partial charge in [0.15, 0.2) is 0 Å². The van der Waals surface area contributed by atoms with E-state index in [4.69, 9.17) is 4.74 Å². The quantitative estimate of drug-likeness (QED) is 0.833. The van der Waals surface area contributed by atoms with E-state index in [1.54, 1.807) is 0 Å². The molecule has 5 nitrogen and oxygen atoms in total. The molecule has 1 aliphatic heterocycles. The van der Waals surface area contributed by atoms with Crippen molar-refractivity contribution in [3.8, 4) is 0 Å². The van der Waals surface area contributed by atoms with Crippen LogP contribution in [-0.4, -0.2) is 34.7 Å². The predicted molar refractivity (Wildman–Crippen MR) is 59.1 cm³/mol. The molecule has 0 spiro atoms. The van der Waals surface area contributed by atoms with Crippen LogP contribution in [0.1, 0.15) is 25.1 Å². The van der Waals surface area contributed by atoms with Gasteiger partial charge in [0, 0.05) is 13.2 Å². The van der Waals surface area contributed by atoms with Crippen molar-refractivity contribution in [1.29, 1.82) is 0 Å². The van der Waals surface area contributed by atoms with Crippen LogP contribution < -0.4 is 5.32 Å². The van der Waals surface area contributed by atoms with Gasteiger partial charge in [0.05, 0.1) is 18.8 Å². The van der Waals surface area contributed by atoms with Gasteiger partial charge < -0.3 is 10.1 Å². The van der Waals surface area contributed by atoms with E-state index < -0.39 is 0 Å². The third kappa shape index (κ3) is 3.15. The van der Waals surface area contributed by atoms with E-state index >= 15 is 0 Å². The Balaban J connectivity index is 0.00000112. The number of hydrogen-bond donors (Lipinski definition) is 1. The first-order chi connectivity index (χ1) is 6.90. The van der Waals surface area contributed by atoms with Crippen molar-refractivity contribution in [2.45, 2.75) is 26.0 Å². The second-order valence-corrected chi connectivity index (χ2v) is 3.47. The first-order valence-electron chi connectivity index (χ1n) is 5.09. The predicted octanol–water partition coefficient (Wildman–Crippen LogP) is 0.771. The summed E-state index contributed by atoms with van der Waals surface area (Å²) >= 11 is 0. The van der Waals surface area contributed by atoms with Gasteiger partial charge in [-0.05, 0) is 19.9 Å². The van der Waals surface area contributed by atoms with Gasteiger partial charge in [-0.15, -0.1) is 17.5 Å². The Hall–Kier alpha value is -0.650. The third-order valence-corrected chi connectivity index (χ3v) is 2.42. The van der Waals surface area contributed by atoms with E-state index in [1.165, 1.54) is 0 Å². The van der Waals surface area contributed by atoms with Crippen LogP contribution in [-0.2, 0) is 11.3 Å². The third-order valence-electron chi connectivity index (χ3n) is 2.42. The standard InChI is InChI=1S/C9H16N4O.ClH/c1-2-14-7-8-6-13(12-11-8)9-3-4-10-5-9;/h6,9-10H,2-5,7H2,1H3;1H. The molecule has 1 atom stereocenters. The summed E-state index contributed by atoms with van der Waals surface area (Å²) in [5, 5.41) is 11.5. The van der Waals surface area contributed by atoms with Crippen molar-refractivity contribution in [1.82, 2.24) is 20.3 Å². The molecule has 1 unspecified atom stereocenters. The zero-order chi connectivity index (χ0) is 9.80. The maximum atomic E-state index is 5.26. The lowest BCUT2D eigenvalue weighted by atomic mass is 10.3. The number of nitrogens with zero attached hydrogens (tertiary/aromatic N) is 3. The summed E-state index contributed by atoms with van der Waals surface area (Å²) in [6.07, 6.45) is 3.12. The molecule has 0 saturated carbocycles. The highest BCUT2D eigenvalue weighted by Gasteiger charge is 2.17. The van der Waals surface area contributed by atoms with Gasteiger partial charge >= 0.3 is 0 Å². The average molecular weight is 233 g/mol. The number of halogens is 1. The second-order valence-electron chi connectivity index (χ2n) is 3.47. The Morgan fingerprint density at radius 2 is 2.53 bits per heavy atom. The van der Waals surface area contributed by atoms with Crippen molar-refractivity contribution in [3.05, 3.63) is 11.9 Å². The smallest absolute Gasteiger partial charge is 0.108 e. The molecule has 0 aliphatic carbocycles. The molecule has 1 N–H and O–H groups in total. The molecule has 0 amide bonds. The molecule has 6 heteroatoms. The van der Waals surface area contributed by atoms with Crippen molar-refractivity contribution >= 4 is 12.4 Å². The summed E-state index contributed by atoms with van der Waals surface area (Å²) in [5.74, 6) is 0. The molecule has 2 rings (SSSR count). The highest BCUT2D eigenvalue weighted by atomic mass is 35.5. The van der Waals surface area contributed by atoms with Crippen LogP contribution in [0.2, 0.25) is 0 Å². The fraction of sp³-hybridized carbons (Fsp3) is 0.778. The highest BCUT2D eigenvalue weighted by Crippen LogP contribution is 2.13. The summed E-state index contributed by atoms with van der Waals surface area (Å²) in [7, 11) is 0. The summed E-state index contributed by atoms with van der Waals surface area (Å²) in [4.78, 5) is 0. The van der Waals surface area contributed by atoms with Crippen LogP contribution in [0.15, 0.2) is 6.20 Å². The topological polar surface area (TPSA) is 52.0 Å². The molecular weight excluding hydrogens is 216 g/mol.